The molecule has 1 aromatic rings. The van der Waals surface area contributed by atoms with Gasteiger partial charge in [-0.2, -0.15) is 0 Å². The molecule has 5 nitrogen and oxygen atoms in total. The number of ether oxygens (including phenoxy) is 2. The van der Waals surface area contributed by atoms with E-state index in [-0.39, 0.29) is 11.8 Å². The van der Waals surface area contributed by atoms with Crippen molar-refractivity contribution in [2.45, 2.75) is 26.9 Å². The number of benzene rings is 1. The summed E-state index contributed by atoms with van der Waals surface area (Å²) in [5, 5.41) is 6.26. The minimum absolute atomic E-state index is 0.0745. The molecule has 0 spiro atoms. The maximum absolute atomic E-state index is 12.2. The van der Waals surface area contributed by atoms with E-state index in [1.807, 2.05) is 32.0 Å². The summed E-state index contributed by atoms with van der Waals surface area (Å²) in [5.41, 5.74) is 3.04. The summed E-state index contributed by atoms with van der Waals surface area (Å²) >= 11 is 0. The Balaban J connectivity index is 1.89. The first-order valence-corrected chi connectivity index (χ1v) is 7.98. The number of nitrogens with one attached hydrogen (secondary N) is 2. The molecule has 2 N–H and O–H groups in total. The lowest BCUT2D eigenvalue weighted by Gasteiger charge is -2.15. The highest BCUT2D eigenvalue weighted by atomic mass is 16.5. The zero-order chi connectivity index (χ0) is 15.8. The number of hydrogen-bond donors (Lipinski definition) is 2. The summed E-state index contributed by atoms with van der Waals surface area (Å²) < 4.78 is 10.9. The molecule has 1 unspecified atom stereocenters. The van der Waals surface area contributed by atoms with Gasteiger partial charge in [0.2, 0.25) is 5.91 Å². The average Bonchev–Trinajstić information content (AvgIpc) is 3.05. The highest BCUT2D eigenvalue weighted by molar-refractivity contribution is 5.93. The Hall–Kier alpha value is -1.43. The van der Waals surface area contributed by atoms with Crippen LogP contribution in [0.15, 0.2) is 18.2 Å². The summed E-state index contributed by atoms with van der Waals surface area (Å²) in [4.78, 5) is 12.2. The van der Waals surface area contributed by atoms with Gasteiger partial charge in [-0.1, -0.05) is 12.1 Å². The summed E-state index contributed by atoms with van der Waals surface area (Å²) in [7, 11) is 0. The van der Waals surface area contributed by atoms with Crippen LogP contribution >= 0.6 is 0 Å². The van der Waals surface area contributed by atoms with E-state index in [9.17, 15) is 4.79 Å². The average molecular weight is 306 g/mol. The number of carbonyl (C=O) groups excluding carboxylic acids is 1. The molecule has 1 fully saturated rings. The molecule has 5 heteroatoms. The zero-order valence-electron chi connectivity index (χ0n) is 13.5. The van der Waals surface area contributed by atoms with Crippen LogP contribution in [0.5, 0.6) is 0 Å². The van der Waals surface area contributed by atoms with Gasteiger partial charge in [-0.3, -0.25) is 4.79 Å². The van der Waals surface area contributed by atoms with E-state index in [1.54, 1.807) is 0 Å². The third-order valence-corrected chi connectivity index (χ3v) is 3.97. The zero-order valence-corrected chi connectivity index (χ0v) is 13.5. The molecule has 0 aromatic heterocycles. The molecule has 0 aliphatic carbocycles. The first-order valence-electron chi connectivity index (χ1n) is 7.98. The molecule has 22 heavy (non-hydrogen) atoms. The molecular formula is C17H26N2O3. The molecule has 1 saturated heterocycles. The third kappa shape index (κ3) is 4.80. The molecule has 0 radical (unpaired) electrons. The second-order valence-corrected chi connectivity index (χ2v) is 5.52. The molecule has 0 saturated carbocycles. The summed E-state index contributed by atoms with van der Waals surface area (Å²) in [5.74, 6) is 0.174. The van der Waals surface area contributed by atoms with E-state index in [0.717, 1.165) is 36.3 Å². The standard InChI is InChI=1S/C17H26N2O3/c1-3-21-9-10-22-12-15-5-4-6-16(13(15)2)19-17(20)14-7-8-18-11-14/h4-6,14,18H,3,7-12H2,1-2H3,(H,19,20). The number of rotatable bonds is 8. The molecule has 1 aliphatic heterocycles. The SMILES string of the molecule is CCOCCOCc1cccc(NC(=O)C2CCNC2)c1C. The molecule has 1 aliphatic rings. The number of amides is 1. The van der Waals surface area contributed by atoms with Crippen molar-refractivity contribution in [1.82, 2.24) is 5.32 Å². The smallest absolute Gasteiger partial charge is 0.228 e. The van der Waals surface area contributed by atoms with Gasteiger partial charge in [0, 0.05) is 18.8 Å². The van der Waals surface area contributed by atoms with Gasteiger partial charge >= 0.3 is 0 Å². The number of hydrogen-bond acceptors (Lipinski definition) is 4. The second-order valence-electron chi connectivity index (χ2n) is 5.52. The van der Waals surface area contributed by atoms with Crippen molar-refractivity contribution in [3.63, 3.8) is 0 Å². The van der Waals surface area contributed by atoms with Gasteiger partial charge in [0.25, 0.3) is 0 Å². The van der Waals surface area contributed by atoms with E-state index >= 15 is 0 Å². The molecule has 2 rings (SSSR count). The summed E-state index contributed by atoms with van der Waals surface area (Å²) in [6.07, 6.45) is 0.908. The monoisotopic (exact) mass is 306 g/mol. The van der Waals surface area contributed by atoms with Crippen LogP contribution in [0.4, 0.5) is 5.69 Å². The molecule has 1 heterocycles. The van der Waals surface area contributed by atoms with Crippen molar-refractivity contribution in [3.8, 4) is 0 Å². The Bertz CT molecular complexity index is 485. The molecule has 1 amide bonds. The molecule has 0 bridgehead atoms. The van der Waals surface area contributed by atoms with Gasteiger partial charge in [-0.05, 0) is 44.0 Å². The van der Waals surface area contributed by atoms with Crippen molar-refractivity contribution >= 4 is 11.6 Å². The normalized spacial score (nSPS) is 17.6. The van der Waals surface area contributed by atoms with Gasteiger partial charge in [0.05, 0.1) is 25.7 Å². The Morgan fingerprint density at radius 1 is 1.36 bits per heavy atom. The van der Waals surface area contributed by atoms with Crippen LogP contribution in [-0.2, 0) is 20.9 Å². The lowest BCUT2D eigenvalue weighted by atomic mass is 10.1. The Labute approximate surface area is 132 Å². The van der Waals surface area contributed by atoms with Crippen LogP contribution in [0.3, 0.4) is 0 Å². The predicted octanol–water partition coefficient (Wildman–Crippen LogP) is 2.10. The quantitative estimate of drug-likeness (QED) is 0.722. The topological polar surface area (TPSA) is 59.6 Å². The first kappa shape index (κ1) is 16.9. The largest absolute Gasteiger partial charge is 0.379 e. The highest BCUT2D eigenvalue weighted by Crippen LogP contribution is 2.21. The van der Waals surface area contributed by atoms with Crippen molar-refractivity contribution in [2.24, 2.45) is 5.92 Å². The van der Waals surface area contributed by atoms with Crippen LogP contribution in [0.25, 0.3) is 0 Å². The minimum Gasteiger partial charge on any atom is -0.379 e. The van der Waals surface area contributed by atoms with Crippen LogP contribution in [0.1, 0.15) is 24.5 Å². The lowest BCUT2D eigenvalue weighted by molar-refractivity contribution is -0.119. The van der Waals surface area contributed by atoms with E-state index in [1.165, 1.54) is 0 Å². The molecule has 122 valence electrons. The van der Waals surface area contributed by atoms with Crippen LogP contribution < -0.4 is 10.6 Å². The van der Waals surface area contributed by atoms with Crippen molar-refractivity contribution in [2.75, 3.05) is 38.2 Å². The van der Waals surface area contributed by atoms with E-state index < -0.39 is 0 Å². The van der Waals surface area contributed by atoms with E-state index in [4.69, 9.17) is 9.47 Å². The Morgan fingerprint density at radius 2 is 2.18 bits per heavy atom. The van der Waals surface area contributed by atoms with Crippen LogP contribution in [0.2, 0.25) is 0 Å². The maximum atomic E-state index is 12.2. The third-order valence-electron chi connectivity index (χ3n) is 3.97. The van der Waals surface area contributed by atoms with Gasteiger partial charge in [0.15, 0.2) is 0 Å². The number of anilines is 1. The Morgan fingerprint density at radius 3 is 2.91 bits per heavy atom. The molecular weight excluding hydrogens is 280 g/mol. The molecule has 1 aromatic carbocycles. The van der Waals surface area contributed by atoms with Crippen LogP contribution in [0, 0.1) is 12.8 Å². The first-order chi connectivity index (χ1) is 10.7. The van der Waals surface area contributed by atoms with Crippen molar-refractivity contribution in [3.05, 3.63) is 29.3 Å². The Kier molecular flexibility index (Phi) is 6.83. The second kappa shape index (κ2) is 8.88. The fraction of sp³-hybridized carbons (Fsp3) is 0.588. The van der Waals surface area contributed by atoms with Crippen LogP contribution in [-0.4, -0.2) is 38.8 Å². The van der Waals surface area contributed by atoms with Gasteiger partial charge < -0.3 is 20.1 Å². The fourth-order valence-electron chi connectivity index (χ4n) is 2.53. The van der Waals surface area contributed by atoms with E-state index in [2.05, 4.69) is 10.6 Å². The summed E-state index contributed by atoms with van der Waals surface area (Å²) in [6, 6.07) is 5.93. The minimum atomic E-state index is 0.0745. The lowest BCUT2D eigenvalue weighted by Crippen LogP contribution is -2.25. The van der Waals surface area contributed by atoms with Gasteiger partial charge in [0.1, 0.15) is 0 Å². The van der Waals surface area contributed by atoms with Gasteiger partial charge in [-0.25, -0.2) is 0 Å². The highest BCUT2D eigenvalue weighted by Gasteiger charge is 2.22. The summed E-state index contributed by atoms with van der Waals surface area (Å²) in [6.45, 7) is 8.11. The van der Waals surface area contributed by atoms with Crippen molar-refractivity contribution in [1.29, 1.82) is 0 Å². The fourth-order valence-corrected chi connectivity index (χ4v) is 2.53. The molecule has 1 atom stereocenters. The van der Waals surface area contributed by atoms with Gasteiger partial charge in [-0.15, -0.1) is 0 Å². The maximum Gasteiger partial charge on any atom is 0.228 e. The predicted molar refractivity (Wildman–Crippen MR) is 86.9 cm³/mol. The van der Waals surface area contributed by atoms with E-state index in [0.29, 0.717) is 26.4 Å². The number of carbonyl (C=O) groups is 1. The van der Waals surface area contributed by atoms with Crippen molar-refractivity contribution < 1.29 is 14.3 Å².